The van der Waals surface area contributed by atoms with E-state index in [0.29, 0.717) is 0 Å². The summed E-state index contributed by atoms with van der Waals surface area (Å²) in [6, 6.07) is 0. The van der Waals surface area contributed by atoms with E-state index in [4.69, 9.17) is 0 Å². The summed E-state index contributed by atoms with van der Waals surface area (Å²) in [5, 5.41) is 1.41. The summed E-state index contributed by atoms with van der Waals surface area (Å²) in [6.07, 6.45) is 0. The Morgan fingerprint density at radius 1 is 1.80 bits per heavy atom. The molecule has 1 saturated heterocycles. The first-order chi connectivity index (χ1) is 2.50. The van der Waals surface area contributed by atoms with Crippen molar-refractivity contribution in [2.45, 2.75) is 5.32 Å². The van der Waals surface area contributed by atoms with Gasteiger partial charge >= 0.3 is 41.9 Å². The van der Waals surface area contributed by atoms with Gasteiger partial charge < -0.3 is 0 Å². The van der Waals surface area contributed by atoms with Crippen molar-refractivity contribution in [3.8, 4) is 0 Å². The predicted octanol–water partition coefficient (Wildman–Crippen LogP) is 0.275. The van der Waals surface area contributed by atoms with Gasteiger partial charge in [0.1, 0.15) is 0 Å². The Morgan fingerprint density at radius 2 is 2.80 bits per heavy atom. The average molecular weight is 154 g/mol. The normalized spacial score (nSPS) is 24.0. The van der Waals surface area contributed by atoms with Gasteiger partial charge in [0.15, 0.2) is 0 Å². The number of rotatable bonds is 0. The molecule has 0 amide bonds. The van der Waals surface area contributed by atoms with Gasteiger partial charge in [-0.05, 0) is 0 Å². The van der Waals surface area contributed by atoms with Crippen LogP contribution in [-0.2, 0) is 0 Å². The molecule has 1 rings (SSSR count). The second-order valence-corrected chi connectivity index (χ2v) is 4.16. The summed E-state index contributed by atoms with van der Waals surface area (Å²) in [4.78, 5) is 0. The van der Waals surface area contributed by atoms with E-state index in [1.165, 1.54) is 11.1 Å². The van der Waals surface area contributed by atoms with Crippen molar-refractivity contribution >= 4 is 27.1 Å². The standard InChI is InChI=1S/C2H5NSSe/c1-2-5-3-4-1/h3H,1-2H2. The Morgan fingerprint density at radius 3 is 3.00 bits per heavy atom. The van der Waals surface area contributed by atoms with Crippen LogP contribution in [0.25, 0.3) is 0 Å². The molecule has 0 saturated carbocycles. The molecule has 1 heterocycles. The van der Waals surface area contributed by atoms with E-state index < -0.39 is 0 Å². The minimum absolute atomic E-state index is 0.782. The monoisotopic (exact) mass is 155 g/mol. The Kier molecular flexibility index (Phi) is 1.67. The Labute approximate surface area is 42.4 Å². The van der Waals surface area contributed by atoms with Crippen LogP contribution in [0.3, 0.4) is 0 Å². The number of hydrogen-bond donors (Lipinski definition) is 1. The van der Waals surface area contributed by atoms with Crippen molar-refractivity contribution < 1.29 is 0 Å². The van der Waals surface area contributed by atoms with Gasteiger partial charge in [-0.1, -0.05) is 0 Å². The zero-order valence-electron chi connectivity index (χ0n) is 2.73. The molecule has 30 valence electrons. The van der Waals surface area contributed by atoms with E-state index in [-0.39, 0.29) is 0 Å². The predicted molar refractivity (Wildman–Crippen MR) is 26.2 cm³/mol. The molecule has 0 aromatic heterocycles. The summed E-state index contributed by atoms with van der Waals surface area (Å²) >= 11 is 2.63. The molecule has 0 aromatic carbocycles. The Balaban J connectivity index is 2.08. The van der Waals surface area contributed by atoms with Gasteiger partial charge in [0.2, 0.25) is 0 Å². The van der Waals surface area contributed by atoms with E-state index in [9.17, 15) is 0 Å². The molecule has 0 radical (unpaired) electrons. The van der Waals surface area contributed by atoms with Crippen LogP contribution in [0.2, 0.25) is 5.32 Å². The van der Waals surface area contributed by atoms with Crippen LogP contribution in [-0.4, -0.2) is 20.9 Å². The van der Waals surface area contributed by atoms with Gasteiger partial charge in [0.25, 0.3) is 0 Å². The Bertz CT molecular complexity index is 21.2. The molecular formula is C2H5NSSe. The van der Waals surface area contributed by atoms with Crippen LogP contribution in [0.1, 0.15) is 0 Å². The van der Waals surface area contributed by atoms with Gasteiger partial charge in [-0.2, -0.15) is 0 Å². The SMILES string of the molecule is C1C[Se]NS1. The molecule has 1 aliphatic heterocycles. The molecule has 0 spiro atoms. The number of hydrogen-bond acceptors (Lipinski definition) is 2. The van der Waals surface area contributed by atoms with Crippen molar-refractivity contribution in [2.24, 2.45) is 0 Å². The first-order valence-corrected chi connectivity index (χ1v) is 4.54. The van der Waals surface area contributed by atoms with Crippen LogP contribution in [0.5, 0.6) is 0 Å². The molecule has 1 aliphatic rings. The molecule has 0 aromatic rings. The molecule has 0 atom stereocenters. The summed E-state index contributed by atoms with van der Waals surface area (Å²) < 4.78 is 3.20. The maximum atomic E-state index is 3.20. The molecule has 1 N–H and O–H groups in total. The zero-order valence-corrected chi connectivity index (χ0v) is 5.26. The first-order valence-electron chi connectivity index (χ1n) is 1.49. The fraction of sp³-hybridized carbons (Fsp3) is 1.00. The van der Waals surface area contributed by atoms with Crippen molar-refractivity contribution in [3.63, 3.8) is 0 Å². The van der Waals surface area contributed by atoms with E-state index in [1.54, 1.807) is 0 Å². The second-order valence-electron chi connectivity index (χ2n) is 0.780. The van der Waals surface area contributed by atoms with E-state index in [2.05, 4.69) is 3.74 Å². The maximum absolute atomic E-state index is 3.20. The van der Waals surface area contributed by atoms with Crippen molar-refractivity contribution in [1.82, 2.24) is 3.74 Å². The molecule has 0 aliphatic carbocycles. The van der Waals surface area contributed by atoms with E-state index >= 15 is 0 Å². The van der Waals surface area contributed by atoms with Gasteiger partial charge in [-0.15, -0.1) is 0 Å². The summed E-state index contributed by atoms with van der Waals surface area (Å²) in [5.41, 5.74) is 0. The summed E-state index contributed by atoms with van der Waals surface area (Å²) in [5.74, 6) is 1.33. The van der Waals surface area contributed by atoms with Crippen LogP contribution in [0, 0.1) is 0 Å². The molecule has 3 heteroatoms. The van der Waals surface area contributed by atoms with E-state index in [0.717, 1.165) is 15.2 Å². The topological polar surface area (TPSA) is 12.0 Å². The third kappa shape index (κ3) is 1.14. The van der Waals surface area contributed by atoms with E-state index in [1.807, 2.05) is 11.9 Å². The van der Waals surface area contributed by atoms with Crippen molar-refractivity contribution in [3.05, 3.63) is 0 Å². The molecule has 0 unspecified atom stereocenters. The van der Waals surface area contributed by atoms with Gasteiger partial charge in [-0.25, -0.2) is 0 Å². The quantitative estimate of drug-likeness (QED) is 0.397. The summed E-state index contributed by atoms with van der Waals surface area (Å²) in [6.45, 7) is 0. The molecular weight excluding hydrogens is 149 g/mol. The second kappa shape index (κ2) is 2.08. The third-order valence-corrected chi connectivity index (χ3v) is 3.97. The molecule has 1 fully saturated rings. The minimum atomic E-state index is 0.782. The van der Waals surface area contributed by atoms with Gasteiger partial charge in [-0.3, -0.25) is 0 Å². The zero-order chi connectivity index (χ0) is 3.54. The van der Waals surface area contributed by atoms with Crippen LogP contribution in [0.15, 0.2) is 0 Å². The van der Waals surface area contributed by atoms with Crippen LogP contribution < -0.4 is 3.74 Å². The Hall–Kier alpha value is 0.829. The van der Waals surface area contributed by atoms with Crippen LogP contribution in [0.4, 0.5) is 0 Å². The molecule has 0 bridgehead atoms. The average Bonchev–Trinajstić information content (AvgIpc) is 1.76. The third-order valence-electron chi connectivity index (χ3n) is 0.405. The van der Waals surface area contributed by atoms with Gasteiger partial charge in [0.05, 0.1) is 0 Å². The fourth-order valence-corrected chi connectivity index (χ4v) is 3.25. The van der Waals surface area contributed by atoms with Gasteiger partial charge in [0, 0.05) is 0 Å². The van der Waals surface area contributed by atoms with Crippen molar-refractivity contribution in [1.29, 1.82) is 0 Å². The first kappa shape index (κ1) is 4.00. The van der Waals surface area contributed by atoms with Crippen LogP contribution >= 0.6 is 11.9 Å². The molecule has 1 nitrogen and oxygen atoms in total. The summed E-state index contributed by atoms with van der Waals surface area (Å²) in [7, 11) is 0. The van der Waals surface area contributed by atoms with Crippen molar-refractivity contribution in [2.75, 3.05) is 5.75 Å². The number of nitrogens with one attached hydrogen (secondary N) is 1. The molecule has 5 heavy (non-hydrogen) atoms. The fourth-order valence-electron chi connectivity index (χ4n) is 0.208.